The van der Waals surface area contributed by atoms with Gasteiger partial charge in [0.05, 0.1) is 12.7 Å². The van der Waals surface area contributed by atoms with Gasteiger partial charge in [-0.2, -0.15) is 0 Å². The normalized spacial score (nSPS) is 10.6. The van der Waals surface area contributed by atoms with Crippen LogP contribution in [0.15, 0.2) is 48.5 Å². The van der Waals surface area contributed by atoms with Gasteiger partial charge in [-0.3, -0.25) is 0 Å². The molecule has 0 aliphatic carbocycles. The largest absolute Gasteiger partial charge is 0.465 e. The summed E-state index contributed by atoms with van der Waals surface area (Å²) in [5.41, 5.74) is 3.78. The van der Waals surface area contributed by atoms with E-state index in [1.807, 2.05) is 48.6 Å². The highest BCUT2D eigenvalue weighted by molar-refractivity contribution is 5.94. The first kappa shape index (κ1) is 13.1. The Morgan fingerprint density at radius 3 is 2.21 bits per heavy atom. The fourth-order valence-electron chi connectivity index (χ4n) is 1.89. The molecule has 0 aliphatic heterocycles. The lowest BCUT2D eigenvalue weighted by molar-refractivity contribution is 0.0600. The van der Waals surface area contributed by atoms with E-state index in [2.05, 4.69) is 13.0 Å². The third-order valence-electron chi connectivity index (χ3n) is 3.00. The fraction of sp³-hybridized carbons (Fsp3) is 0.118. The second-order valence-corrected chi connectivity index (χ2v) is 4.27. The maximum Gasteiger partial charge on any atom is 0.338 e. The number of carbonyl (C=O) groups is 1. The van der Waals surface area contributed by atoms with Gasteiger partial charge in [0.15, 0.2) is 0 Å². The Kier molecular flexibility index (Phi) is 4.14. The quantitative estimate of drug-likeness (QED) is 0.610. The van der Waals surface area contributed by atoms with Gasteiger partial charge in [0.25, 0.3) is 0 Å². The molecule has 2 aromatic rings. The summed E-state index contributed by atoms with van der Waals surface area (Å²) in [7, 11) is 1.39. The Morgan fingerprint density at radius 2 is 1.53 bits per heavy atom. The van der Waals surface area contributed by atoms with Gasteiger partial charge in [-0.1, -0.05) is 54.6 Å². The van der Waals surface area contributed by atoms with Crippen LogP contribution in [0.5, 0.6) is 0 Å². The van der Waals surface area contributed by atoms with Crippen molar-refractivity contribution >= 4 is 18.1 Å². The minimum atomic E-state index is -0.315. The summed E-state index contributed by atoms with van der Waals surface area (Å²) < 4.78 is 4.78. The van der Waals surface area contributed by atoms with Crippen LogP contribution >= 0.6 is 0 Å². The number of benzene rings is 2. The van der Waals surface area contributed by atoms with Crippen LogP contribution in [0.4, 0.5) is 0 Å². The first-order chi connectivity index (χ1) is 9.22. The Morgan fingerprint density at radius 1 is 0.947 bits per heavy atom. The summed E-state index contributed by atoms with van der Waals surface area (Å²) in [4.78, 5) is 11.7. The van der Waals surface area contributed by atoms with Gasteiger partial charge in [0.2, 0.25) is 0 Å². The molecule has 19 heavy (non-hydrogen) atoms. The Bertz CT molecular complexity index is 612. The standard InChI is InChI=1S/C17H16O2/c1-13-7-3-4-8-14(13)11-12-15-9-5-6-10-16(15)17(18)19-2/h3-12H,1-2H3/b12-11-. The van der Waals surface area contributed by atoms with E-state index in [1.54, 1.807) is 6.07 Å². The first-order valence-electron chi connectivity index (χ1n) is 6.13. The molecule has 0 saturated carbocycles. The van der Waals surface area contributed by atoms with Crippen LogP contribution < -0.4 is 0 Å². The number of hydrogen-bond acceptors (Lipinski definition) is 2. The predicted molar refractivity (Wildman–Crippen MR) is 77.9 cm³/mol. The molecule has 0 N–H and O–H groups in total. The van der Waals surface area contributed by atoms with E-state index in [0.29, 0.717) is 5.56 Å². The van der Waals surface area contributed by atoms with Crippen molar-refractivity contribution in [1.82, 2.24) is 0 Å². The highest BCUT2D eigenvalue weighted by Crippen LogP contribution is 2.16. The highest BCUT2D eigenvalue weighted by atomic mass is 16.5. The molecule has 0 amide bonds. The number of rotatable bonds is 3. The van der Waals surface area contributed by atoms with Gasteiger partial charge < -0.3 is 4.74 Å². The molecule has 2 rings (SSSR count). The summed E-state index contributed by atoms with van der Waals surface area (Å²) in [5, 5.41) is 0. The summed E-state index contributed by atoms with van der Waals surface area (Å²) in [6, 6.07) is 15.5. The molecule has 0 radical (unpaired) electrons. The van der Waals surface area contributed by atoms with Crippen LogP contribution in [0.3, 0.4) is 0 Å². The van der Waals surface area contributed by atoms with E-state index >= 15 is 0 Å². The molecule has 2 aromatic carbocycles. The predicted octanol–water partition coefficient (Wildman–Crippen LogP) is 3.95. The summed E-state index contributed by atoms with van der Waals surface area (Å²) in [6.07, 6.45) is 3.95. The van der Waals surface area contributed by atoms with Crippen molar-refractivity contribution in [2.75, 3.05) is 7.11 Å². The average molecular weight is 252 g/mol. The monoisotopic (exact) mass is 252 g/mol. The zero-order valence-electron chi connectivity index (χ0n) is 11.1. The maximum atomic E-state index is 11.7. The molecule has 0 heterocycles. The first-order valence-corrected chi connectivity index (χ1v) is 6.13. The molecule has 0 unspecified atom stereocenters. The van der Waals surface area contributed by atoms with Gasteiger partial charge >= 0.3 is 5.97 Å². The number of hydrogen-bond donors (Lipinski definition) is 0. The molecule has 0 bridgehead atoms. The van der Waals surface area contributed by atoms with Gasteiger partial charge in [0.1, 0.15) is 0 Å². The van der Waals surface area contributed by atoms with E-state index < -0.39 is 0 Å². The molecule has 2 nitrogen and oxygen atoms in total. The molecule has 96 valence electrons. The molecule has 0 atom stereocenters. The van der Waals surface area contributed by atoms with Crippen molar-refractivity contribution in [3.05, 3.63) is 70.8 Å². The Hall–Kier alpha value is -2.35. The molecule has 0 saturated heterocycles. The van der Waals surface area contributed by atoms with E-state index in [0.717, 1.165) is 11.1 Å². The van der Waals surface area contributed by atoms with Crippen LogP contribution in [-0.2, 0) is 4.74 Å². The van der Waals surface area contributed by atoms with Gasteiger partial charge in [-0.15, -0.1) is 0 Å². The minimum absolute atomic E-state index is 0.315. The smallest absolute Gasteiger partial charge is 0.338 e. The lowest BCUT2D eigenvalue weighted by atomic mass is 10.0. The van der Waals surface area contributed by atoms with Crippen molar-refractivity contribution in [3.63, 3.8) is 0 Å². The lowest BCUT2D eigenvalue weighted by Crippen LogP contribution is -2.03. The van der Waals surface area contributed by atoms with Crippen molar-refractivity contribution in [3.8, 4) is 0 Å². The van der Waals surface area contributed by atoms with Crippen LogP contribution in [0.2, 0.25) is 0 Å². The SMILES string of the molecule is COC(=O)c1ccccc1/C=C\c1ccccc1C. The number of carbonyl (C=O) groups excluding carboxylic acids is 1. The molecular weight excluding hydrogens is 236 g/mol. The van der Waals surface area contributed by atoms with Crippen LogP contribution in [0.1, 0.15) is 27.0 Å². The molecule has 2 heteroatoms. The molecule has 0 spiro atoms. The van der Waals surface area contributed by atoms with Gasteiger partial charge in [-0.25, -0.2) is 4.79 Å². The molecule has 0 aromatic heterocycles. The van der Waals surface area contributed by atoms with E-state index in [4.69, 9.17) is 4.74 Å². The number of ether oxygens (including phenoxy) is 1. The molecule has 0 aliphatic rings. The van der Waals surface area contributed by atoms with E-state index in [1.165, 1.54) is 12.7 Å². The topological polar surface area (TPSA) is 26.3 Å². The second kappa shape index (κ2) is 6.01. The lowest BCUT2D eigenvalue weighted by Gasteiger charge is -2.04. The zero-order valence-corrected chi connectivity index (χ0v) is 11.1. The minimum Gasteiger partial charge on any atom is -0.465 e. The Balaban J connectivity index is 2.34. The molecular formula is C17H16O2. The third-order valence-corrected chi connectivity index (χ3v) is 3.00. The maximum absolute atomic E-state index is 11.7. The number of aryl methyl sites for hydroxylation is 1. The van der Waals surface area contributed by atoms with E-state index in [-0.39, 0.29) is 5.97 Å². The Labute approximate surface area is 113 Å². The third kappa shape index (κ3) is 3.10. The van der Waals surface area contributed by atoms with Crippen LogP contribution in [-0.4, -0.2) is 13.1 Å². The molecule has 0 fully saturated rings. The second-order valence-electron chi connectivity index (χ2n) is 4.27. The summed E-state index contributed by atoms with van der Waals surface area (Å²) in [5.74, 6) is -0.315. The number of esters is 1. The van der Waals surface area contributed by atoms with Gasteiger partial charge in [0, 0.05) is 0 Å². The van der Waals surface area contributed by atoms with Crippen molar-refractivity contribution in [2.24, 2.45) is 0 Å². The van der Waals surface area contributed by atoms with Crippen molar-refractivity contribution in [2.45, 2.75) is 6.92 Å². The summed E-state index contributed by atoms with van der Waals surface area (Å²) in [6.45, 7) is 2.06. The van der Waals surface area contributed by atoms with Crippen molar-refractivity contribution < 1.29 is 9.53 Å². The zero-order chi connectivity index (χ0) is 13.7. The van der Waals surface area contributed by atoms with Crippen molar-refractivity contribution in [1.29, 1.82) is 0 Å². The van der Waals surface area contributed by atoms with Gasteiger partial charge in [-0.05, 0) is 29.7 Å². The van der Waals surface area contributed by atoms with Crippen LogP contribution in [0.25, 0.3) is 12.2 Å². The number of methoxy groups -OCH3 is 1. The van der Waals surface area contributed by atoms with E-state index in [9.17, 15) is 4.79 Å². The van der Waals surface area contributed by atoms with Crippen LogP contribution in [0, 0.1) is 6.92 Å². The fourth-order valence-corrected chi connectivity index (χ4v) is 1.89. The summed E-state index contributed by atoms with van der Waals surface area (Å²) >= 11 is 0. The highest BCUT2D eigenvalue weighted by Gasteiger charge is 2.08. The average Bonchev–Trinajstić information content (AvgIpc) is 2.46.